The Morgan fingerprint density at radius 2 is 1.88 bits per heavy atom. The lowest BCUT2D eigenvalue weighted by Gasteiger charge is -2.22. The van der Waals surface area contributed by atoms with Crippen LogP contribution in [0.5, 0.6) is 5.75 Å². The predicted octanol–water partition coefficient (Wildman–Crippen LogP) is 3.72. The highest BCUT2D eigenvalue weighted by Gasteiger charge is 2.19. The van der Waals surface area contributed by atoms with Crippen LogP contribution in [0.25, 0.3) is 0 Å². The Bertz CT molecular complexity index is 580. The number of fused-ring (bicyclic) bond motifs is 1. The summed E-state index contributed by atoms with van der Waals surface area (Å²) in [7, 11) is 0. The van der Waals surface area contributed by atoms with E-state index in [2.05, 4.69) is 16.3 Å². The maximum absolute atomic E-state index is 12.4. The average molecular weight is 359 g/mol. The van der Waals surface area contributed by atoms with Crippen molar-refractivity contribution in [1.82, 2.24) is 10.2 Å². The number of rotatable bonds is 7. The van der Waals surface area contributed by atoms with Crippen LogP contribution in [0.15, 0.2) is 18.2 Å². The van der Waals surface area contributed by atoms with Crippen molar-refractivity contribution in [2.75, 3.05) is 26.2 Å². The summed E-state index contributed by atoms with van der Waals surface area (Å²) >= 11 is 0. The number of carbonyl (C=O) groups is 1. The van der Waals surface area contributed by atoms with Gasteiger partial charge in [0, 0.05) is 6.54 Å². The van der Waals surface area contributed by atoms with Crippen molar-refractivity contribution < 1.29 is 9.53 Å². The van der Waals surface area contributed by atoms with Crippen molar-refractivity contribution >= 4 is 5.91 Å². The molecule has 1 aliphatic carbocycles. The molecule has 144 valence electrons. The van der Waals surface area contributed by atoms with Gasteiger partial charge in [0.15, 0.2) is 6.10 Å². The summed E-state index contributed by atoms with van der Waals surface area (Å²) in [5.74, 6) is 0.892. The molecule has 0 saturated carbocycles. The molecule has 1 aliphatic heterocycles. The van der Waals surface area contributed by atoms with E-state index in [0.29, 0.717) is 0 Å². The van der Waals surface area contributed by atoms with E-state index in [0.717, 1.165) is 38.1 Å². The van der Waals surface area contributed by atoms with E-state index in [1.54, 1.807) is 0 Å². The zero-order valence-corrected chi connectivity index (χ0v) is 16.3. The lowest BCUT2D eigenvalue weighted by Crippen LogP contribution is -2.38. The van der Waals surface area contributed by atoms with Gasteiger partial charge in [-0.1, -0.05) is 25.0 Å². The quantitative estimate of drug-likeness (QED) is 0.756. The first-order valence-electron chi connectivity index (χ1n) is 10.5. The molecule has 1 fully saturated rings. The molecule has 0 spiro atoms. The highest BCUT2D eigenvalue weighted by molar-refractivity contribution is 5.80. The molecule has 1 atom stereocenters. The molecule has 1 aromatic rings. The van der Waals surface area contributed by atoms with Gasteiger partial charge in [0.1, 0.15) is 5.75 Å². The highest BCUT2D eigenvalue weighted by Crippen LogP contribution is 2.30. The summed E-state index contributed by atoms with van der Waals surface area (Å²) in [6.07, 6.45) is 10.6. The molecule has 3 rings (SSSR count). The fourth-order valence-corrected chi connectivity index (χ4v) is 4.12. The van der Waals surface area contributed by atoms with Crippen LogP contribution in [-0.4, -0.2) is 43.1 Å². The van der Waals surface area contributed by atoms with Crippen LogP contribution in [0.4, 0.5) is 0 Å². The first-order valence-corrected chi connectivity index (χ1v) is 10.5. The second-order valence-corrected chi connectivity index (χ2v) is 7.76. The number of benzene rings is 1. The molecule has 4 heteroatoms. The van der Waals surface area contributed by atoms with Gasteiger partial charge in [-0.15, -0.1) is 0 Å². The normalized spacial score (nSPS) is 19.3. The van der Waals surface area contributed by atoms with E-state index in [9.17, 15) is 4.79 Å². The van der Waals surface area contributed by atoms with E-state index in [-0.39, 0.29) is 5.91 Å². The molecule has 1 aromatic carbocycles. The van der Waals surface area contributed by atoms with Gasteiger partial charge < -0.3 is 15.0 Å². The van der Waals surface area contributed by atoms with Gasteiger partial charge in [-0.05, 0) is 88.7 Å². The molecule has 1 unspecified atom stereocenters. The van der Waals surface area contributed by atoms with Gasteiger partial charge in [0.2, 0.25) is 0 Å². The average Bonchev–Trinajstić information content (AvgIpc) is 2.94. The topological polar surface area (TPSA) is 41.6 Å². The smallest absolute Gasteiger partial charge is 0.260 e. The third-order valence-electron chi connectivity index (χ3n) is 5.67. The van der Waals surface area contributed by atoms with Crippen molar-refractivity contribution in [3.63, 3.8) is 0 Å². The van der Waals surface area contributed by atoms with Gasteiger partial charge in [0.25, 0.3) is 5.91 Å². The Kier molecular flexibility index (Phi) is 7.36. The summed E-state index contributed by atoms with van der Waals surface area (Å²) < 4.78 is 6.02. The summed E-state index contributed by atoms with van der Waals surface area (Å²) in [6.45, 7) is 6.10. The maximum atomic E-state index is 12.4. The monoisotopic (exact) mass is 358 g/mol. The number of amides is 1. The number of hydrogen-bond donors (Lipinski definition) is 1. The van der Waals surface area contributed by atoms with Crippen LogP contribution in [0.3, 0.4) is 0 Å². The van der Waals surface area contributed by atoms with Crippen molar-refractivity contribution in [3.8, 4) is 5.75 Å². The number of nitrogens with one attached hydrogen (secondary N) is 1. The second-order valence-electron chi connectivity index (χ2n) is 7.76. The lowest BCUT2D eigenvalue weighted by molar-refractivity contribution is -0.127. The van der Waals surface area contributed by atoms with Crippen molar-refractivity contribution in [2.45, 2.75) is 70.8 Å². The molecule has 1 heterocycles. The van der Waals surface area contributed by atoms with Crippen LogP contribution in [0, 0.1) is 0 Å². The summed E-state index contributed by atoms with van der Waals surface area (Å²) in [6, 6.07) is 6.24. The number of hydrogen-bond acceptors (Lipinski definition) is 3. The fourth-order valence-electron chi connectivity index (χ4n) is 4.12. The van der Waals surface area contributed by atoms with Crippen molar-refractivity contribution in [3.05, 3.63) is 29.3 Å². The zero-order valence-electron chi connectivity index (χ0n) is 16.3. The summed E-state index contributed by atoms with van der Waals surface area (Å²) in [5.41, 5.74) is 2.69. The third-order valence-corrected chi connectivity index (χ3v) is 5.67. The zero-order chi connectivity index (χ0) is 18.2. The fraction of sp³-hybridized carbons (Fsp3) is 0.682. The van der Waals surface area contributed by atoms with Crippen LogP contribution in [0.1, 0.15) is 63.0 Å². The molecule has 0 radical (unpaired) electrons. The van der Waals surface area contributed by atoms with Gasteiger partial charge in [-0.25, -0.2) is 0 Å². The van der Waals surface area contributed by atoms with Gasteiger partial charge >= 0.3 is 0 Å². The minimum Gasteiger partial charge on any atom is -0.481 e. The standard InChI is InChI=1S/C22H34N2O2/c1-18(26-21-13-8-11-19-10-4-5-12-20(19)21)22(25)23-14-9-17-24-15-6-2-3-7-16-24/h8,11,13,18H,2-7,9-10,12,14-17H2,1H3,(H,23,25). The van der Waals surface area contributed by atoms with E-state index in [1.807, 2.05) is 19.1 Å². The minimum absolute atomic E-state index is 0.00530. The van der Waals surface area contributed by atoms with E-state index < -0.39 is 6.10 Å². The maximum Gasteiger partial charge on any atom is 0.260 e. The molecule has 4 nitrogen and oxygen atoms in total. The minimum atomic E-state index is -0.443. The number of nitrogens with zero attached hydrogens (tertiary/aromatic N) is 1. The Morgan fingerprint density at radius 1 is 1.12 bits per heavy atom. The number of ether oxygens (including phenoxy) is 1. The second kappa shape index (κ2) is 9.96. The Morgan fingerprint density at radius 3 is 2.69 bits per heavy atom. The number of likely N-dealkylation sites (tertiary alicyclic amines) is 1. The largest absolute Gasteiger partial charge is 0.481 e. The third kappa shape index (κ3) is 5.47. The molecular formula is C22H34N2O2. The SMILES string of the molecule is CC(Oc1cccc2c1CCCC2)C(=O)NCCCN1CCCCCC1. The number of carbonyl (C=O) groups excluding carboxylic acids is 1. The molecule has 2 aliphatic rings. The van der Waals surface area contributed by atoms with Crippen LogP contribution in [-0.2, 0) is 17.6 Å². The summed E-state index contributed by atoms with van der Waals surface area (Å²) in [4.78, 5) is 14.9. The van der Waals surface area contributed by atoms with Crippen molar-refractivity contribution in [1.29, 1.82) is 0 Å². The lowest BCUT2D eigenvalue weighted by atomic mass is 9.91. The molecular weight excluding hydrogens is 324 g/mol. The first kappa shape index (κ1) is 19.2. The van der Waals surface area contributed by atoms with E-state index in [1.165, 1.54) is 62.7 Å². The Hall–Kier alpha value is -1.55. The molecule has 1 saturated heterocycles. The molecule has 0 bridgehead atoms. The Labute approximate surface area is 158 Å². The van der Waals surface area contributed by atoms with E-state index in [4.69, 9.17) is 4.74 Å². The highest BCUT2D eigenvalue weighted by atomic mass is 16.5. The number of aryl methyl sites for hydroxylation is 1. The van der Waals surface area contributed by atoms with Crippen LogP contribution in [0.2, 0.25) is 0 Å². The molecule has 1 N–H and O–H groups in total. The van der Waals surface area contributed by atoms with E-state index >= 15 is 0 Å². The van der Waals surface area contributed by atoms with Crippen molar-refractivity contribution in [2.24, 2.45) is 0 Å². The molecule has 1 amide bonds. The summed E-state index contributed by atoms with van der Waals surface area (Å²) in [5, 5.41) is 3.05. The Balaban J connectivity index is 1.41. The molecule has 0 aromatic heterocycles. The molecule has 26 heavy (non-hydrogen) atoms. The van der Waals surface area contributed by atoms with Crippen LogP contribution < -0.4 is 10.1 Å². The van der Waals surface area contributed by atoms with Gasteiger partial charge in [0.05, 0.1) is 0 Å². The first-order chi connectivity index (χ1) is 12.7. The van der Waals surface area contributed by atoms with Gasteiger partial charge in [-0.2, -0.15) is 0 Å². The van der Waals surface area contributed by atoms with Gasteiger partial charge in [-0.3, -0.25) is 4.79 Å². The predicted molar refractivity (Wildman–Crippen MR) is 106 cm³/mol. The van der Waals surface area contributed by atoms with Crippen LogP contribution >= 0.6 is 0 Å².